The van der Waals surface area contributed by atoms with Gasteiger partial charge in [-0.2, -0.15) is 18.3 Å². The highest BCUT2D eigenvalue weighted by atomic mass is 19.4. The number of hydrogen-bond donors (Lipinski definition) is 1. The highest BCUT2D eigenvalue weighted by molar-refractivity contribution is 5.46. The summed E-state index contributed by atoms with van der Waals surface area (Å²) in [4.78, 5) is 4.70. The van der Waals surface area contributed by atoms with Crippen molar-refractivity contribution in [3.63, 3.8) is 0 Å². The van der Waals surface area contributed by atoms with Crippen molar-refractivity contribution in [2.24, 2.45) is 5.92 Å². The normalized spacial score (nSPS) is 27.2. The molecule has 0 spiro atoms. The molecule has 1 N–H and O–H groups in total. The van der Waals surface area contributed by atoms with Gasteiger partial charge in [-0.1, -0.05) is 0 Å². The maximum Gasteiger partial charge on any atom is 0.391 e. The highest BCUT2D eigenvalue weighted by Crippen LogP contribution is 2.43. The number of nitrogens with zero attached hydrogens (tertiary/aromatic N) is 3. The van der Waals surface area contributed by atoms with E-state index in [2.05, 4.69) is 12.2 Å². The second kappa shape index (κ2) is 7.08. The van der Waals surface area contributed by atoms with Gasteiger partial charge in [-0.05, 0) is 64.5 Å². The summed E-state index contributed by atoms with van der Waals surface area (Å²) in [7, 11) is 0. The van der Waals surface area contributed by atoms with E-state index < -0.39 is 12.1 Å². The molecule has 0 aromatic carbocycles. The third-order valence-electron chi connectivity index (χ3n) is 6.44. The SMILES string of the molecule is Cc1nc2cc([C@H]3CC[C@H](C(F)(F)F)CC3)nn2c([C@H]2CCCNC2)c1C. The van der Waals surface area contributed by atoms with Crippen molar-refractivity contribution in [1.82, 2.24) is 19.9 Å². The van der Waals surface area contributed by atoms with Gasteiger partial charge in [0.2, 0.25) is 0 Å². The summed E-state index contributed by atoms with van der Waals surface area (Å²) in [5.74, 6) is -0.655. The number of piperidine rings is 1. The van der Waals surface area contributed by atoms with Crippen LogP contribution in [0.25, 0.3) is 5.65 Å². The van der Waals surface area contributed by atoms with E-state index in [1.807, 2.05) is 17.5 Å². The first-order chi connectivity index (χ1) is 12.8. The van der Waals surface area contributed by atoms with Gasteiger partial charge in [0.1, 0.15) is 0 Å². The molecule has 0 amide bonds. The molecule has 2 aromatic heterocycles. The Balaban J connectivity index is 1.64. The van der Waals surface area contributed by atoms with E-state index in [9.17, 15) is 13.2 Å². The fraction of sp³-hybridized carbons (Fsp3) is 0.700. The van der Waals surface area contributed by atoms with Crippen LogP contribution in [-0.4, -0.2) is 33.9 Å². The molecule has 0 unspecified atom stereocenters. The van der Waals surface area contributed by atoms with Gasteiger partial charge in [-0.15, -0.1) is 0 Å². The van der Waals surface area contributed by atoms with Gasteiger partial charge < -0.3 is 5.32 Å². The van der Waals surface area contributed by atoms with Crippen LogP contribution in [-0.2, 0) is 0 Å². The van der Waals surface area contributed by atoms with Crippen molar-refractivity contribution < 1.29 is 13.2 Å². The van der Waals surface area contributed by atoms with Gasteiger partial charge in [0.25, 0.3) is 0 Å². The minimum absolute atomic E-state index is 0.100. The third kappa shape index (κ3) is 3.58. The Morgan fingerprint density at radius 3 is 2.44 bits per heavy atom. The zero-order valence-corrected chi connectivity index (χ0v) is 15.9. The lowest BCUT2D eigenvalue weighted by atomic mass is 9.80. The minimum atomic E-state index is -4.07. The number of fused-ring (bicyclic) bond motifs is 1. The fourth-order valence-corrected chi connectivity index (χ4v) is 4.73. The molecule has 2 fully saturated rings. The molecule has 1 saturated carbocycles. The summed E-state index contributed by atoms with van der Waals surface area (Å²) in [5, 5.41) is 8.31. The van der Waals surface area contributed by atoms with Crippen LogP contribution >= 0.6 is 0 Å². The molecular weight excluding hydrogens is 353 g/mol. The number of aryl methyl sites for hydroxylation is 1. The van der Waals surface area contributed by atoms with E-state index in [4.69, 9.17) is 10.1 Å². The third-order valence-corrected chi connectivity index (χ3v) is 6.44. The number of rotatable bonds is 2. The number of halogens is 3. The van der Waals surface area contributed by atoms with Crippen molar-refractivity contribution in [3.8, 4) is 0 Å². The molecular formula is C20H27F3N4. The predicted molar refractivity (Wildman–Crippen MR) is 98.1 cm³/mol. The summed E-state index contributed by atoms with van der Waals surface area (Å²) in [6, 6.07) is 1.99. The summed E-state index contributed by atoms with van der Waals surface area (Å²) in [6.45, 7) is 6.11. The zero-order chi connectivity index (χ0) is 19.2. The first-order valence-electron chi connectivity index (χ1n) is 9.98. The molecule has 27 heavy (non-hydrogen) atoms. The predicted octanol–water partition coefficient (Wildman–Crippen LogP) is 4.65. The van der Waals surface area contributed by atoms with Crippen LogP contribution in [0, 0.1) is 19.8 Å². The van der Waals surface area contributed by atoms with Crippen LogP contribution < -0.4 is 5.32 Å². The Kier molecular flexibility index (Phi) is 4.91. The first-order valence-corrected chi connectivity index (χ1v) is 9.98. The minimum Gasteiger partial charge on any atom is -0.316 e. The Morgan fingerprint density at radius 1 is 1.07 bits per heavy atom. The average molecular weight is 380 g/mol. The van der Waals surface area contributed by atoms with E-state index in [0.717, 1.165) is 43.0 Å². The highest BCUT2D eigenvalue weighted by Gasteiger charge is 2.42. The summed E-state index contributed by atoms with van der Waals surface area (Å²) in [5.41, 5.74) is 5.12. The fourth-order valence-electron chi connectivity index (χ4n) is 4.73. The Bertz CT molecular complexity index is 813. The Hall–Kier alpha value is -1.63. The summed E-state index contributed by atoms with van der Waals surface area (Å²) >= 11 is 0. The van der Waals surface area contributed by atoms with E-state index in [1.54, 1.807) is 0 Å². The summed E-state index contributed by atoms with van der Waals surface area (Å²) in [6.07, 6.45) is -0.305. The zero-order valence-electron chi connectivity index (χ0n) is 15.9. The number of aromatic nitrogens is 3. The largest absolute Gasteiger partial charge is 0.391 e. The van der Waals surface area contributed by atoms with Crippen LogP contribution in [0.5, 0.6) is 0 Å². The number of nitrogens with one attached hydrogen (secondary N) is 1. The Labute approximate surface area is 157 Å². The van der Waals surface area contributed by atoms with Crippen LogP contribution in [0.3, 0.4) is 0 Å². The quantitative estimate of drug-likeness (QED) is 0.825. The lowest BCUT2D eigenvalue weighted by Crippen LogP contribution is -2.30. The van der Waals surface area contributed by atoms with Gasteiger partial charge in [-0.3, -0.25) is 0 Å². The van der Waals surface area contributed by atoms with Crippen LogP contribution in [0.15, 0.2) is 6.07 Å². The Morgan fingerprint density at radius 2 is 1.81 bits per heavy atom. The van der Waals surface area contributed by atoms with E-state index >= 15 is 0 Å². The lowest BCUT2D eigenvalue weighted by Gasteiger charge is -2.28. The van der Waals surface area contributed by atoms with Gasteiger partial charge >= 0.3 is 6.18 Å². The monoisotopic (exact) mass is 380 g/mol. The average Bonchev–Trinajstić information content (AvgIpc) is 3.06. The number of alkyl halides is 3. The van der Waals surface area contributed by atoms with Crippen molar-refractivity contribution in [1.29, 1.82) is 0 Å². The molecule has 3 heterocycles. The van der Waals surface area contributed by atoms with Crippen molar-refractivity contribution in [2.45, 2.75) is 70.4 Å². The standard InChI is InChI=1S/C20H27F3N4/c1-12-13(2)25-18-10-17(14-5-7-16(8-6-14)20(21,22)23)26-27(18)19(12)15-4-3-9-24-11-15/h10,14-16,24H,3-9,11H2,1-2H3/t14-,15-,16-/m0/s1. The van der Waals surface area contributed by atoms with E-state index in [0.29, 0.717) is 18.8 Å². The van der Waals surface area contributed by atoms with Crippen LogP contribution in [0.4, 0.5) is 13.2 Å². The molecule has 1 atom stereocenters. The molecule has 2 aromatic rings. The summed E-state index contributed by atoms with van der Waals surface area (Å²) < 4.78 is 40.8. The smallest absolute Gasteiger partial charge is 0.316 e. The molecule has 1 aliphatic carbocycles. The van der Waals surface area contributed by atoms with Crippen LogP contribution in [0.1, 0.15) is 73.0 Å². The molecule has 7 heteroatoms. The number of hydrogen-bond acceptors (Lipinski definition) is 3. The molecule has 4 nitrogen and oxygen atoms in total. The van der Waals surface area contributed by atoms with E-state index in [1.165, 1.54) is 11.3 Å². The van der Waals surface area contributed by atoms with E-state index in [-0.39, 0.29) is 18.8 Å². The van der Waals surface area contributed by atoms with Gasteiger partial charge in [-0.25, -0.2) is 9.50 Å². The lowest BCUT2D eigenvalue weighted by molar-refractivity contribution is -0.182. The maximum atomic E-state index is 13.0. The molecule has 2 aliphatic rings. The molecule has 148 valence electrons. The van der Waals surface area contributed by atoms with Crippen molar-refractivity contribution >= 4 is 5.65 Å². The maximum absolute atomic E-state index is 13.0. The van der Waals surface area contributed by atoms with Crippen molar-refractivity contribution in [3.05, 3.63) is 28.7 Å². The van der Waals surface area contributed by atoms with Crippen molar-refractivity contribution in [2.75, 3.05) is 13.1 Å². The van der Waals surface area contributed by atoms with Crippen LogP contribution in [0.2, 0.25) is 0 Å². The van der Waals surface area contributed by atoms with Gasteiger partial charge in [0, 0.05) is 30.1 Å². The second-order valence-electron chi connectivity index (χ2n) is 8.18. The molecule has 4 rings (SSSR count). The second-order valence-corrected chi connectivity index (χ2v) is 8.18. The molecule has 0 radical (unpaired) electrons. The van der Waals surface area contributed by atoms with Gasteiger partial charge in [0.05, 0.1) is 17.3 Å². The molecule has 1 saturated heterocycles. The first kappa shape index (κ1) is 18.7. The topological polar surface area (TPSA) is 42.2 Å². The van der Waals surface area contributed by atoms with Gasteiger partial charge in [0.15, 0.2) is 5.65 Å². The molecule has 0 bridgehead atoms. The molecule has 1 aliphatic heterocycles.